The van der Waals surface area contributed by atoms with Gasteiger partial charge in [0.2, 0.25) is 0 Å². The summed E-state index contributed by atoms with van der Waals surface area (Å²) in [4.78, 5) is 32.7. The monoisotopic (exact) mass is 484 g/mol. The van der Waals surface area contributed by atoms with Crippen LogP contribution in [0.5, 0.6) is 11.5 Å². The van der Waals surface area contributed by atoms with Crippen LogP contribution in [-0.2, 0) is 18.5 Å². The molecule has 0 spiro atoms. The summed E-state index contributed by atoms with van der Waals surface area (Å²) >= 11 is 0. The van der Waals surface area contributed by atoms with Gasteiger partial charge in [-0.05, 0) is 35.2 Å². The van der Waals surface area contributed by atoms with Crippen molar-refractivity contribution in [2.45, 2.75) is 25.4 Å². The van der Waals surface area contributed by atoms with Crippen LogP contribution in [0.4, 0.5) is 0 Å². The highest BCUT2D eigenvalue weighted by molar-refractivity contribution is 6.32. The van der Waals surface area contributed by atoms with Gasteiger partial charge in [-0.1, -0.05) is 55.5 Å². The van der Waals surface area contributed by atoms with E-state index >= 15 is 0 Å². The molecule has 0 bridgehead atoms. The molecule has 2 aliphatic rings. The maximum absolute atomic E-state index is 14.1. The predicted octanol–water partition coefficient (Wildman–Crippen LogP) is 4.36. The normalized spacial score (nSPS) is 17.8. The van der Waals surface area contributed by atoms with Crippen LogP contribution in [-0.4, -0.2) is 61.8 Å². The van der Waals surface area contributed by atoms with Crippen molar-refractivity contribution < 1.29 is 19.1 Å². The zero-order valence-corrected chi connectivity index (χ0v) is 21.1. The molecular weight excluding hydrogens is 452 g/mol. The quantitative estimate of drug-likeness (QED) is 0.465. The van der Waals surface area contributed by atoms with Crippen molar-refractivity contribution in [2.24, 2.45) is 0 Å². The molecule has 186 valence electrons. The van der Waals surface area contributed by atoms with Gasteiger partial charge in [0.1, 0.15) is 11.5 Å². The average molecular weight is 485 g/mol. The number of aryl methyl sites for hydroxylation is 1. The molecule has 0 saturated carbocycles. The summed E-state index contributed by atoms with van der Waals surface area (Å²) in [5.74, 6) is 0.747. The lowest BCUT2D eigenvalue weighted by atomic mass is 9.82. The topological polar surface area (TPSA) is 59.1 Å². The molecule has 1 aliphatic heterocycles. The van der Waals surface area contributed by atoms with Crippen LogP contribution in [0, 0.1) is 0 Å². The molecule has 1 saturated heterocycles. The first-order valence-electron chi connectivity index (χ1n) is 12.5. The highest BCUT2D eigenvalue weighted by Crippen LogP contribution is 2.45. The van der Waals surface area contributed by atoms with Gasteiger partial charge in [-0.25, -0.2) is 0 Å². The average Bonchev–Trinajstić information content (AvgIpc) is 3.16. The Morgan fingerprint density at radius 3 is 1.81 bits per heavy atom. The third kappa shape index (κ3) is 3.91. The number of carbonyl (C=O) groups is 2. The molecule has 0 N–H and O–H groups in total. The Kier molecular flexibility index (Phi) is 6.65. The first kappa shape index (κ1) is 24.2. The standard InChI is InChI=1S/C30H32N2O4/c1-4-21-9-5-6-10-22(21)20-31-13-15-32(16-14-31)30(23-17-24(35-2)19-25(18-23)36-3)28(33)26-11-7-8-12-27(26)29(30)34/h5-12,17-19H,4,13-16,20H2,1-3H3. The third-order valence-corrected chi connectivity index (χ3v) is 7.58. The molecule has 0 unspecified atom stereocenters. The number of piperazine rings is 1. The number of ketones is 2. The number of fused-ring (bicyclic) bond motifs is 1. The van der Waals surface area contributed by atoms with E-state index in [-0.39, 0.29) is 11.6 Å². The van der Waals surface area contributed by atoms with Gasteiger partial charge >= 0.3 is 0 Å². The number of ether oxygens (including phenoxy) is 2. The second-order valence-electron chi connectivity index (χ2n) is 9.40. The Balaban J connectivity index is 1.51. The van der Waals surface area contributed by atoms with Crippen molar-refractivity contribution in [3.63, 3.8) is 0 Å². The Morgan fingerprint density at radius 1 is 0.750 bits per heavy atom. The summed E-state index contributed by atoms with van der Waals surface area (Å²) in [6.45, 7) is 5.76. The van der Waals surface area contributed by atoms with Crippen molar-refractivity contribution >= 4 is 11.6 Å². The molecule has 6 heteroatoms. The van der Waals surface area contributed by atoms with Gasteiger partial charge in [0, 0.05) is 49.9 Å². The molecule has 3 aromatic rings. The number of hydrogen-bond donors (Lipinski definition) is 0. The van der Waals surface area contributed by atoms with Gasteiger partial charge in [0.15, 0.2) is 17.1 Å². The Bertz CT molecular complexity index is 1240. The van der Waals surface area contributed by atoms with Crippen molar-refractivity contribution in [1.82, 2.24) is 9.80 Å². The van der Waals surface area contributed by atoms with Crippen LogP contribution >= 0.6 is 0 Å². The lowest BCUT2D eigenvalue weighted by Gasteiger charge is -2.44. The maximum atomic E-state index is 14.1. The lowest BCUT2D eigenvalue weighted by molar-refractivity contribution is 0.0278. The van der Waals surface area contributed by atoms with E-state index < -0.39 is 5.54 Å². The van der Waals surface area contributed by atoms with Gasteiger partial charge in [-0.3, -0.25) is 19.4 Å². The fourth-order valence-corrected chi connectivity index (χ4v) is 5.66. The zero-order valence-electron chi connectivity index (χ0n) is 21.1. The van der Waals surface area contributed by atoms with E-state index in [9.17, 15) is 9.59 Å². The fourth-order valence-electron chi connectivity index (χ4n) is 5.66. The number of carbonyl (C=O) groups excluding carboxylic acids is 2. The first-order valence-corrected chi connectivity index (χ1v) is 12.5. The summed E-state index contributed by atoms with van der Waals surface area (Å²) in [7, 11) is 3.15. The number of benzene rings is 3. The Morgan fingerprint density at radius 2 is 1.28 bits per heavy atom. The summed E-state index contributed by atoms with van der Waals surface area (Å²) in [5.41, 5.74) is 2.80. The summed E-state index contributed by atoms with van der Waals surface area (Å²) in [6, 6.07) is 21.0. The minimum Gasteiger partial charge on any atom is -0.497 e. The molecular formula is C30H32N2O4. The lowest BCUT2D eigenvalue weighted by Crippen LogP contribution is -2.60. The number of methoxy groups -OCH3 is 2. The molecule has 36 heavy (non-hydrogen) atoms. The van der Waals surface area contributed by atoms with E-state index in [0.717, 1.165) is 26.1 Å². The second-order valence-corrected chi connectivity index (χ2v) is 9.40. The minimum absolute atomic E-state index is 0.178. The van der Waals surface area contributed by atoms with Gasteiger partial charge in [-0.2, -0.15) is 0 Å². The van der Waals surface area contributed by atoms with Crippen molar-refractivity contribution in [2.75, 3.05) is 40.4 Å². The second kappa shape index (κ2) is 9.88. The van der Waals surface area contributed by atoms with Gasteiger partial charge in [0.05, 0.1) is 14.2 Å². The summed E-state index contributed by atoms with van der Waals surface area (Å²) in [6.07, 6.45) is 0.998. The van der Waals surface area contributed by atoms with Crippen LogP contribution in [0.25, 0.3) is 0 Å². The molecule has 1 heterocycles. The third-order valence-electron chi connectivity index (χ3n) is 7.58. The maximum Gasteiger partial charge on any atom is 0.196 e. The van der Waals surface area contributed by atoms with Crippen LogP contribution in [0.15, 0.2) is 66.7 Å². The highest BCUT2D eigenvalue weighted by Gasteiger charge is 2.58. The Hall–Kier alpha value is -3.48. The van der Waals surface area contributed by atoms with Crippen LogP contribution in [0.3, 0.4) is 0 Å². The molecule has 1 aliphatic carbocycles. The van der Waals surface area contributed by atoms with E-state index in [2.05, 4.69) is 41.0 Å². The van der Waals surface area contributed by atoms with Crippen LogP contribution in [0.2, 0.25) is 0 Å². The molecule has 0 atom stereocenters. The van der Waals surface area contributed by atoms with E-state index in [4.69, 9.17) is 9.47 Å². The Labute approximate surface area is 212 Å². The molecule has 1 fully saturated rings. The van der Waals surface area contributed by atoms with Gasteiger partial charge in [-0.15, -0.1) is 0 Å². The van der Waals surface area contributed by atoms with E-state index in [1.54, 1.807) is 44.6 Å². The number of hydrogen-bond acceptors (Lipinski definition) is 6. The molecule has 0 amide bonds. The van der Waals surface area contributed by atoms with Crippen molar-refractivity contribution in [3.8, 4) is 11.5 Å². The predicted molar refractivity (Wildman–Crippen MR) is 139 cm³/mol. The van der Waals surface area contributed by atoms with Gasteiger partial charge in [0.25, 0.3) is 0 Å². The van der Waals surface area contributed by atoms with Crippen LogP contribution in [0.1, 0.15) is 44.3 Å². The van der Waals surface area contributed by atoms with Crippen molar-refractivity contribution in [3.05, 3.63) is 94.5 Å². The van der Waals surface area contributed by atoms with E-state index in [0.29, 0.717) is 41.3 Å². The van der Waals surface area contributed by atoms with Crippen molar-refractivity contribution in [1.29, 1.82) is 0 Å². The molecule has 0 aromatic heterocycles. The van der Waals surface area contributed by atoms with E-state index in [1.165, 1.54) is 11.1 Å². The number of nitrogens with zero attached hydrogens (tertiary/aromatic N) is 2. The summed E-state index contributed by atoms with van der Waals surface area (Å²) < 4.78 is 11.0. The smallest absolute Gasteiger partial charge is 0.196 e. The SMILES string of the molecule is CCc1ccccc1CN1CCN(C2(c3cc(OC)cc(OC)c3)C(=O)c3ccccc3C2=O)CC1. The summed E-state index contributed by atoms with van der Waals surface area (Å²) in [5, 5.41) is 0. The van der Waals surface area contributed by atoms with Gasteiger partial charge < -0.3 is 9.47 Å². The number of Topliss-reactive ketones (excluding diaryl/α,β-unsaturated/α-hetero) is 2. The number of rotatable bonds is 7. The molecule has 5 rings (SSSR count). The zero-order chi connectivity index (χ0) is 25.3. The fraction of sp³-hybridized carbons (Fsp3) is 0.333. The van der Waals surface area contributed by atoms with E-state index in [1.807, 2.05) is 12.1 Å². The van der Waals surface area contributed by atoms with Crippen LogP contribution < -0.4 is 9.47 Å². The first-order chi connectivity index (χ1) is 17.5. The highest BCUT2D eigenvalue weighted by atomic mass is 16.5. The molecule has 0 radical (unpaired) electrons. The molecule has 6 nitrogen and oxygen atoms in total. The largest absolute Gasteiger partial charge is 0.497 e. The minimum atomic E-state index is -1.43. The molecule has 3 aromatic carbocycles.